The maximum absolute atomic E-state index is 13.0. The second kappa shape index (κ2) is 8.31. The van der Waals surface area contributed by atoms with E-state index in [2.05, 4.69) is 26.3 Å². The van der Waals surface area contributed by atoms with E-state index in [1.807, 2.05) is 30.3 Å². The highest BCUT2D eigenvalue weighted by atomic mass is 16.2. The Bertz CT molecular complexity index is 1120. The number of hydrogen-bond donors (Lipinski definition) is 1. The van der Waals surface area contributed by atoms with Gasteiger partial charge in [-0.1, -0.05) is 30.3 Å². The molecule has 0 aliphatic carbocycles. The van der Waals surface area contributed by atoms with Crippen molar-refractivity contribution >= 4 is 5.91 Å². The van der Waals surface area contributed by atoms with Crippen molar-refractivity contribution in [3.05, 3.63) is 75.8 Å². The molecule has 3 aromatic rings. The number of nitriles is 1. The number of carbonyl (C=O) groups excluding carboxylic acids is 1. The van der Waals surface area contributed by atoms with Gasteiger partial charge in [0, 0.05) is 32.2 Å². The Morgan fingerprint density at radius 1 is 1.13 bits per heavy atom. The molecule has 4 rings (SSSR count). The summed E-state index contributed by atoms with van der Waals surface area (Å²) in [4.78, 5) is 28.1. The highest BCUT2D eigenvalue weighted by Crippen LogP contribution is 2.22. The lowest BCUT2D eigenvalue weighted by Gasteiger charge is -2.37. The summed E-state index contributed by atoms with van der Waals surface area (Å²) in [5, 5.41) is 20.2. The molecule has 1 saturated heterocycles. The minimum Gasteiger partial charge on any atom is -0.336 e. The first-order chi connectivity index (χ1) is 14.6. The first-order valence-electron chi connectivity index (χ1n) is 9.67. The molecule has 0 radical (unpaired) electrons. The molecule has 1 aliphatic rings. The van der Waals surface area contributed by atoms with E-state index in [4.69, 9.17) is 0 Å². The van der Waals surface area contributed by atoms with Crippen molar-refractivity contribution in [1.82, 2.24) is 29.8 Å². The molecule has 0 spiro atoms. The molecule has 3 heterocycles. The fourth-order valence-electron chi connectivity index (χ4n) is 3.66. The van der Waals surface area contributed by atoms with E-state index in [1.165, 1.54) is 16.9 Å². The van der Waals surface area contributed by atoms with Gasteiger partial charge in [-0.15, -0.1) is 0 Å². The Morgan fingerprint density at radius 2 is 1.87 bits per heavy atom. The molecule has 1 fully saturated rings. The smallest absolute Gasteiger partial charge is 0.264 e. The van der Waals surface area contributed by atoms with Gasteiger partial charge in [0.25, 0.3) is 11.5 Å². The van der Waals surface area contributed by atoms with Crippen molar-refractivity contribution in [2.45, 2.75) is 13.0 Å². The lowest BCUT2D eigenvalue weighted by Crippen LogP contribution is -2.49. The minimum absolute atomic E-state index is 0.101. The third-order valence-electron chi connectivity index (χ3n) is 5.33. The lowest BCUT2D eigenvalue weighted by molar-refractivity contribution is 0.0605. The maximum Gasteiger partial charge on any atom is 0.264 e. The summed E-state index contributed by atoms with van der Waals surface area (Å²) in [7, 11) is 0. The maximum atomic E-state index is 13.0. The van der Waals surface area contributed by atoms with Gasteiger partial charge in [-0.25, -0.2) is 9.78 Å². The topological polar surface area (TPSA) is 111 Å². The van der Waals surface area contributed by atoms with Crippen LogP contribution < -0.4 is 5.56 Å². The van der Waals surface area contributed by atoms with Crippen molar-refractivity contribution in [3.8, 4) is 11.9 Å². The molecule has 9 nitrogen and oxygen atoms in total. The number of aromatic nitrogens is 4. The molecular weight excluding hydrogens is 382 g/mol. The summed E-state index contributed by atoms with van der Waals surface area (Å²) in [6.45, 7) is 4.10. The SMILES string of the molecule is Cc1c(C(=O)N2CCN(C(C#N)c3ccccc3)CC2)cnn1-c1ccc(=O)[nH]n1. The van der Waals surface area contributed by atoms with Crippen LogP contribution in [0.1, 0.15) is 27.7 Å². The molecule has 0 saturated carbocycles. The van der Waals surface area contributed by atoms with E-state index in [0.717, 1.165) is 5.56 Å². The van der Waals surface area contributed by atoms with Gasteiger partial charge >= 0.3 is 0 Å². The van der Waals surface area contributed by atoms with Crippen LogP contribution >= 0.6 is 0 Å². The van der Waals surface area contributed by atoms with Gasteiger partial charge in [0.15, 0.2) is 5.82 Å². The van der Waals surface area contributed by atoms with Crippen molar-refractivity contribution in [2.24, 2.45) is 0 Å². The number of amides is 1. The van der Waals surface area contributed by atoms with E-state index >= 15 is 0 Å². The quantitative estimate of drug-likeness (QED) is 0.703. The van der Waals surface area contributed by atoms with Gasteiger partial charge in [-0.05, 0) is 18.6 Å². The molecule has 1 N–H and O–H groups in total. The Balaban J connectivity index is 1.45. The molecule has 152 valence electrons. The van der Waals surface area contributed by atoms with Crippen molar-refractivity contribution in [3.63, 3.8) is 0 Å². The number of hydrogen-bond acceptors (Lipinski definition) is 6. The van der Waals surface area contributed by atoms with Crippen LogP contribution in [0.25, 0.3) is 5.82 Å². The Labute approximate surface area is 173 Å². The zero-order valence-electron chi connectivity index (χ0n) is 16.5. The van der Waals surface area contributed by atoms with Crippen LogP contribution in [0.4, 0.5) is 0 Å². The van der Waals surface area contributed by atoms with Crippen LogP contribution in [0.5, 0.6) is 0 Å². The number of piperazine rings is 1. The van der Waals surface area contributed by atoms with Crippen LogP contribution in [-0.2, 0) is 0 Å². The number of H-pyrrole nitrogens is 1. The number of aromatic amines is 1. The number of nitrogens with zero attached hydrogens (tertiary/aromatic N) is 6. The van der Waals surface area contributed by atoms with Crippen LogP contribution in [0.15, 0.2) is 53.5 Å². The van der Waals surface area contributed by atoms with Gasteiger partial charge < -0.3 is 4.90 Å². The van der Waals surface area contributed by atoms with Crippen LogP contribution in [0.3, 0.4) is 0 Å². The molecule has 30 heavy (non-hydrogen) atoms. The Morgan fingerprint density at radius 3 is 2.50 bits per heavy atom. The second-order valence-electron chi connectivity index (χ2n) is 7.11. The fourth-order valence-corrected chi connectivity index (χ4v) is 3.66. The molecule has 1 aromatic carbocycles. The highest BCUT2D eigenvalue weighted by molar-refractivity contribution is 5.95. The first kappa shape index (κ1) is 19.5. The molecule has 9 heteroatoms. The number of carbonyl (C=O) groups is 1. The van der Waals surface area contributed by atoms with E-state index in [0.29, 0.717) is 43.3 Å². The van der Waals surface area contributed by atoms with Gasteiger partial charge in [-0.2, -0.15) is 15.5 Å². The monoisotopic (exact) mass is 403 g/mol. The zero-order chi connectivity index (χ0) is 21.1. The summed E-state index contributed by atoms with van der Waals surface area (Å²) < 4.78 is 1.53. The Hall–Kier alpha value is -3.77. The van der Waals surface area contributed by atoms with Gasteiger partial charge in [0.2, 0.25) is 0 Å². The van der Waals surface area contributed by atoms with E-state index in [9.17, 15) is 14.9 Å². The fraction of sp³-hybridized carbons (Fsp3) is 0.286. The number of benzene rings is 1. The van der Waals surface area contributed by atoms with Crippen LogP contribution in [0, 0.1) is 18.3 Å². The average Bonchev–Trinajstić information content (AvgIpc) is 3.17. The first-order valence-corrected chi connectivity index (χ1v) is 9.67. The number of nitrogens with one attached hydrogen (secondary N) is 1. The van der Waals surface area contributed by atoms with Crippen molar-refractivity contribution in [2.75, 3.05) is 26.2 Å². The van der Waals surface area contributed by atoms with Crippen LogP contribution in [-0.4, -0.2) is 61.9 Å². The molecule has 1 amide bonds. The zero-order valence-corrected chi connectivity index (χ0v) is 16.5. The lowest BCUT2D eigenvalue weighted by atomic mass is 10.1. The summed E-state index contributed by atoms with van der Waals surface area (Å²) in [6, 6.07) is 14.7. The largest absolute Gasteiger partial charge is 0.336 e. The molecule has 1 unspecified atom stereocenters. The van der Waals surface area contributed by atoms with E-state index in [1.54, 1.807) is 17.9 Å². The molecule has 0 bridgehead atoms. The van der Waals surface area contributed by atoms with Gasteiger partial charge in [0.1, 0.15) is 6.04 Å². The van der Waals surface area contributed by atoms with Gasteiger partial charge in [0.05, 0.1) is 23.5 Å². The van der Waals surface area contributed by atoms with Crippen LogP contribution in [0.2, 0.25) is 0 Å². The average molecular weight is 403 g/mol. The Kier molecular flexibility index (Phi) is 5.41. The van der Waals surface area contributed by atoms with Gasteiger partial charge in [-0.3, -0.25) is 14.5 Å². The van der Waals surface area contributed by atoms with Crippen molar-refractivity contribution < 1.29 is 4.79 Å². The highest BCUT2D eigenvalue weighted by Gasteiger charge is 2.29. The van der Waals surface area contributed by atoms with E-state index in [-0.39, 0.29) is 17.5 Å². The molecule has 1 aliphatic heterocycles. The second-order valence-corrected chi connectivity index (χ2v) is 7.11. The molecular formula is C21H21N7O2. The minimum atomic E-state index is -0.320. The van der Waals surface area contributed by atoms with Crippen molar-refractivity contribution in [1.29, 1.82) is 5.26 Å². The third kappa shape index (κ3) is 3.73. The summed E-state index contributed by atoms with van der Waals surface area (Å²) in [5.74, 6) is 0.340. The predicted molar refractivity (Wildman–Crippen MR) is 109 cm³/mol. The molecule has 1 atom stereocenters. The third-order valence-corrected chi connectivity index (χ3v) is 5.33. The summed E-state index contributed by atoms with van der Waals surface area (Å²) in [6.07, 6.45) is 1.53. The standard InChI is InChI=1S/C21H21N7O2/c1-15-17(14-23-28(15)19-7-8-20(29)25-24-19)21(30)27-11-9-26(10-12-27)18(13-22)16-5-3-2-4-6-16/h2-8,14,18H,9-12H2,1H3,(H,25,29). The molecule has 2 aromatic heterocycles. The normalized spacial score (nSPS) is 15.5. The summed E-state index contributed by atoms with van der Waals surface area (Å²) >= 11 is 0. The summed E-state index contributed by atoms with van der Waals surface area (Å²) in [5.41, 5.74) is 1.81. The number of rotatable bonds is 4. The van der Waals surface area contributed by atoms with E-state index < -0.39 is 0 Å². The predicted octanol–water partition coefficient (Wildman–Crippen LogP) is 1.29.